The number of aromatic nitrogens is 2. The molecule has 2 heterocycles. The molecule has 3 rings (SSSR count). The van der Waals surface area contributed by atoms with E-state index in [1.807, 2.05) is 15.7 Å². The summed E-state index contributed by atoms with van der Waals surface area (Å²) in [7, 11) is 0. The fourth-order valence-corrected chi connectivity index (χ4v) is 4.11. The molecular formula is C21H34N4O2. The van der Waals surface area contributed by atoms with E-state index >= 15 is 0 Å². The van der Waals surface area contributed by atoms with Gasteiger partial charge in [0.25, 0.3) is 5.91 Å². The van der Waals surface area contributed by atoms with Gasteiger partial charge in [-0.25, -0.2) is 0 Å². The smallest absolute Gasteiger partial charge is 0.274 e. The van der Waals surface area contributed by atoms with Gasteiger partial charge in [0.15, 0.2) is 5.69 Å². The van der Waals surface area contributed by atoms with Gasteiger partial charge in [0.05, 0.1) is 19.3 Å². The molecule has 6 heteroatoms. The number of carbonyl (C=O) groups excluding carboxylic acids is 1. The van der Waals surface area contributed by atoms with E-state index in [2.05, 4.69) is 25.7 Å². The Labute approximate surface area is 162 Å². The molecule has 1 aromatic rings. The molecule has 6 nitrogen and oxygen atoms in total. The number of rotatable bonds is 8. The minimum atomic E-state index is 0.109. The Morgan fingerprint density at radius 2 is 2.15 bits per heavy atom. The van der Waals surface area contributed by atoms with E-state index in [4.69, 9.17) is 9.84 Å². The highest BCUT2D eigenvalue weighted by atomic mass is 16.5. The van der Waals surface area contributed by atoms with Crippen LogP contribution in [0, 0.1) is 0 Å². The van der Waals surface area contributed by atoms with Crippen molar-refractivity contribution in [1.29, 1.82) is 0 Å². The standard InChI is InChI=1S/C21H34N4O2/c1-4-11-25-19-9-8-17(22-10-14-27-16(2)3)15-18(19)20(23-25)21(26)24-12-6-5-7-13-24/h4,16-17,22H,1,5-15H2,2-3H3/t17-/m0/s1. The first kappa shape index (κ1) is 20.1. The Morgan fingerprint density at radius 1 is 1.37 bits per heavy atom. The molecule has 1 aliphatic heterocycles. The molecule has 1 aliphatic carbocycles. The van der Waals surface area contributed by atoms with E-state index < -0.39 is 0 Å². The summed E-state index contributed by atoms with van der Waals surface area (Å²) >= 11 is 0. The Hall–Kier alpha value is -1.66. The lowest BCUT2D eigenvalue weighted by atomic mass is 9.91. The minimum absolute atomic E-state index is 0.109. The minimum Gasteiger partial charge on any atom is -0.377 e. The van der Waals surface area contributed by atoms with Crippen LogP contribution in [0.4, 0.5) is 0 Å². The van der Waals surface area contributed by atoms with Crippen LogP contribution in [0.15, 0.2) is 12.7 Å². The van der Waals surface area contributed by atoms with E-state index in [1.54, 1.807) is 0 Å². The van der Waals surface area contributed by atoms with Crippen LogP contribution in [-0.2, 0) is 24.1 Å². The first-order valence-electron chi connectivity index (χ1n) is 10.4. The third kappa shape index (κ3) is 4.99. The number of nitrogens with one attached hydrogen (secondary N) is 1. The summed E-state index contributed by atoms with van der Waals surface area (Å²) in [5.41, 5.74) is 3.02. The highest BCUT2D eigenvalue weighted by Crippen LogP contribution is 2.26. The van der Waals surface area contributed by atoms with Gasteiger partial charge in [0.2, 0.25) is 0 Å². The molecule has 0 radical (unpaired) electrons. The molecule has 27 heavy (non-hydrogen) atoms. The SMILES string of the molecule is C=CCn1nc(C(=O)N2CCCCC2)c2c1CC[C@H](NCCOC(C)C)C2. The number of hydrogen-bond acceptors (Lipinski definition) is 4. The number of piperidine rings is 1. The van der Waals surface area contributed by atoms with E-state index in [0.29, 0.717) is 18.3 Å². The lowest BCUT2D eigenvalue weighted by Gasteiger charge is -2.28. The molecule has 1 fully saturated rings. The van der Waals surface area contributed by atoms with Crippen LogP contribution in [0.2, 0.25) is 0 Å². The zero-order valence-electron chi connectivity index (χ0n) is 16.9. The Balaban J connectivity index is 1.72. The van der Waals surface area contributed by atoms with Crippen molar-refractivity contribution in [1.82, 2.24) is 20.0 Å². The second-order valence-electron chi connectivity index (χ2n) is 7.91. The first-order valence-corrected chi connectivity index (χ1v) is 10.4. The molecular weight excluding hydrogens is 340 g/mol. The van der Waals surface area contributed by atoms with Gasteiger partial charge in [0.1, 0.15) is 0 Å². The lowest BCUT2D eigenvalue weighted by Crippen LogP contribution is -2.39. The summed E-state index contributed by atoms with van der Waals surface area (Å²) in [4.78, 5) is 15.1. The van der Waals surface area contributed by atoms with Gasteiger partial charge in [-0.3, -0.25) is 9.48 Å². The zero-order valence-corrected chi connectivity index (χ0v) is 16.9. The summed E-state index contributed by atoms with van der Waals surface area (Å²) in [5.74, 6) is 0.109. The van der Waals surface area contributed by atoms with Crippen molar-refractivity contribution in [2.24, 2.45) is 0 Å². The Kier molecular flexibility index (Phi) is 7.07. The topological polar surface area (TPSA) is 59.4 Å². The van der Waals surface area contributed by atoms with Crippen LogP contribution in [0.5, 0.6) is 0 Å². The average Bonchev–Trinajstić information content (AvgIpc) is 3.03. The summed E-state index contributed by atoms with van der Waals surface area (Å²) in [6, 6.07) is 0.377. The van der Waals surface area contributed by atoms with Crippen LogP contribution in [0.1, 0.15) is 61.3 Å². The second-order valence-corrected chi connectivity index (χ2v) is 7.91. The molecule has 1 amide bonds. The summed E-state index contributed by atoms with van der Waals surface area (Å²) in [5, 5.41) is 8.31. The van der Waals surface area contributed by atoms with Gasteiger partial charge in [-0.15, -0.1) is 6.58 Å². The number of carbonyl (C=O) groups is 1. The van der Waals surface area contributed by atoms with Crippen molar-refractivity contribution in [2.75, 3.05) is 26.2 Å². The van der Waals surface area contributed by atoms with Gasteiger partial charge in [-0.1, -0.05) is 6.08 Å². The fourth-order valence-electron chi connectivity index (χ4n) is 4.11. The predicted molar refractivity (Wildman–Crippen MR) is 107 cm³/mol. The molecule has 0 saturated carbocycles. The Bertz CT molecular complexity index is 647. The first-order chi connectivity index (χ1) is 13.1. The van der Waals surface area contributed by atoms with E-state index in [1.165, 1.54) is 12.1 Å². The largest absolute Gasteiger partial charge is 0.377 e. The van der Waals surface area contributed by atoms with E-state index in [9.17, 15) is 4.79 Å². The highest BCUT2D eigenvalue weighted by Gasteiger charge is 2.31. The molecule has 1 saturated heterocycles. The number of allylic oxidation sites excluding steroid dienone is 1. The number of hydrogen-bond donors (Lipinski definition) is 1. The van der Waals surface area contributed by atoms with Gasteiger partial charge in [0, 0.05) is 36.9 Å². The molecule has 0 unspecified atom stereocenters. The van der Waals surface area contributed by atoms with Gasteiger partial charge in [-0.05, 0) is 52.4 Å². The Morgan fingerprint density at radius 3 is 2.85 bits per heavy atom. The third-order valence-corrected chi connectivity index (χ3v) is 5.48. The number of ether oxygens (including phenoxy) is 1. The fraction of sp³-hybridized carbons (Fsp3) is 0.714. The molecule has 150 valence electrons. The van der Waals surface area contributed by atoms with Crippen LogP contribution >= 0.6 is 0 Å². The van der Waals surface area contributed by atoms with Crippen LogP contribution in [0.25, 0.3) is 0 Å². The van der Waals surface area contributed by atoms with E-state index in [-0.39, 0.29) is 12.0 Å². The molecule has 1 aromatic heterocycles. The maximum atomic E-state index is 13.1. The highest BCUT2D eigenvalue weighted by molar-refractivity contribution is 5.94. The molecule has 0 bridgehead atoms. The normalized spacial score (nSPS) is 20.0. The zero-order chi connectivity index (χ0) is 19.2. The maximum Gasteiger partial charge on any atom is 0.274 e. The third-order valence-electron chi connectivity index (χ3n) is 5.48. The summed E-state index contributed by atoms with van der Waals surface area (Å²) in [6.45, 7) is 11.9. The molecule has 2 aliphatic rings. The van der Waals surface area contributed by atoms with Crippen LogP contribution < -0.4 is 5.32 Å². The lowest BCUT2D eigenvalue weighted by molar-refractivity contribution is 0.0715. The van der Waals surface area contributed by atoms with Crippen LogP contribution in [0.3, 0.4) is 0 Å². The average molecular weight is 375 g/mol. The van der Waals surface area contributed by atoms with E-state index in [0.717, 1.165) is 63.9 Å². The molecule has 0 aromatic carbocycles. The second kappa shape index (κ2) is 9.51. The van der Waals surface area contributed by atoms with Crippen molar-refractivity contribution in [2.45, 2.75) is 71.1 Å². The van der Waals surface area contributed by atoms with Crippen LogP contribution in [-0.4, -0.2) is 59.0 Å². The number of fused-ring (bicyclic) bond motifs is 1. The van der Waals surface area contributed by atoms with Crippen molar-refractivity contribution in [3.8, 4) is 0 Å². The maximum absolute atomic E-state index is 13.1. The van der Waals surface area contributed by atoms with Crippen molar-refractivity contribution in [3.05, 3.63) is 29.6 Å². The monoisotopic (exact) mass is 374 g/mol. The van der Waals surface area contributed by atoms with Gasteiger partial charge >= 0.3 is 0 Å². The quantitative estimate of drug-likeness (QED) is 0.561. The van der Waals surface area contributed by atoms with Gasteiger partial charge < -0.3 is 15.0 Å². The van der Waals surface area contributed by atoms with Gasteiger partial charge in [-0.2, -0.15) is 5.10 Å². The molecule has 1 atom stereocenters. The molecule has 0 spiro atoms. The number of nitrogens with zero attached hydrogens (tertiary/aromatic N) is 3. The predicted octanol–water partition coefficient (Wildman–Crippen LogP) is 2.57. The summed E-state index contributed by atoms with van der Waals surface area (Å²) in [6.07, 6.45) is 8.41. The number of likely N-dealkylation sites (tertiary alicyclic amines) is 1. The van der Waals surface area contributed by atoms with Crippen molar-refractivity contribution in [3.63, 3.8) is 0 Å². The summed E-state index contributed by atoms with van der Waals surface area (Å²) < 4.78 is 7.61. The van der Waals surface area contributed by atoms with Crippen molar-refractivity contribution < 1.29 is 9.53 Å². The van der Waals surface area contributed by atoms with Crippen molar-refractivity contribution >= 4 is 5.91 Å². The number of amides is 1. The molecule has 1 N–H and O–H groups in total.